The predicted octanol–water partition coefficient (Wildman–Crippen LogP) is 2.60. The molecule has 0 spiro atoms. The normalized spacial score (nSPS) is 37.7. The lowest BCUT2D eigenvalue weighted by Crippen LogP contribution is -2.43. The average molecular weight is 284 g/mol. The van der Waals surface area contributed by atoms with Crippen LogP contribution in [0.4, 0.5) is 0 Å². The SMILES string of the molecule is C=C(/C=C\OC)S(=O)C[C@]12CC[C@H](C[C@H]1O)C2(C)C. The lowest BCUT2D eigenvalue weighted by Gasteiger charge is -2.40. The maximum Gasteiger partial charge on any atom is 0.0836 e. The summed E-state index contributed by atoms with van der Waals surface area (Å²) in [6.07, 6.45) is 5.77. The highest BCUT2D eigenvalue weighted by atomic mass is 32.2. The highest BCUT2D eigenvalue weighted by Crippen LogP contribution is 2.66. The van der Waals surface area contributed by atoms with Crippen LogP contribution in [0.2, 0.25) is 0 Å². The lowest BCUT2D eigenvalue weighted by molar-refractivity contribution is 0.0162. The van der Waals surface area contributed by atoms with Gasteiger partial charge in [0.1, 0.15) is 0 Å². The van der Waals surface area contributed by atoms with Gasteiger partial charge in [-0.25, -0.2) is 0 Å². The fourth-order valence-corrected chi connectivity index (χ4v) is 5.50. The van der Waals surface area contributed by atoms with E-state index in [1.165, 1.54) is 6.26 Å². The number of aliphatic hydroxyl groups excluding tert-OH is 1. The minimum atomic E-state index is -1.16. The summed E-state index contributed by atoms with van der Waals surface area (Å²) in [5.74, 6) is 1.06. The molecule has 2 aliphatic carbocycles. The number of ether oxygens (including phenoxy) is 1. The first-order valence-electron chi connectivity index (χ1n) is 6.80. The minimum Gasteiger partial charge on any atom is -0.504 e. The Labute approximate surface area is 118 Å². The summed E-state index contributed by atoms with van der Waals surface area (Å²) in [5.41, 5.74) is -0.153. The Kier molecular flexibility index (Phi) is 3.94. The predicted molar refractivity (Wildman–Crippen MR) is 77.9 cm³/mol. The summed E-state index contributed by atoms with van der Waals surface area (Å²) in [6, 6.07) is 0. The maximum atomic E-state index is 12.4. The van der Waals surface area contributed by atoms with Gasteiger partial charge in [0.15, 0.2) is 0 Å². The number of hydrogen-bond acceptors (Lipinski definition) is 3. The van der Waals surface area contributed by atoms with Crippen LogP contribution in [0.1, 0.15) is 33.1 Å². The summed E-state index contributed by atoms with van der Waals surface area (Å²) < 4.78 is 17.2. The topological polar surface area (TPSA) is 46.5 Å². The molecule has 0 aromatic carbocycles. The molecular weight excluding hydrogens is 260 g/mol. The standard InChI is InChI=1S/C15H24O3S/c1-11(6-8-18-4)19(17)10-15-7-5-12(9-13(15)16)14(15,2)3/h6,8,12-13,16H,1,5,7,9-10H2,2-4H3/b8-6-/t12-,13-,15-,19?/m1/s1. The summed E-state index contributed by atoms with van der Waals surface area (Å²) in [6.45, 7) is 8.27. The van der Waals surface area contributed by atoms with E-state index in [2.05, 4.69) is 20.4 Å². The van der Waals surface area contributed by atoms with Crippen molar-refractivity contribution in [3.63, 3.8) is 0 Å². The second kappa shape index (κ2) is 5.06. The van der Waals surface area contributed by atoms with Crippen LogP contribution in [0.5, 0.6) is 0 Å². The van der Waals surface area contributed by atoms with Crippen molar-refractivity contribution in [1.29, 1.82) is 0 Å². The van der Waals surface area contributed by atoms with Gasteiger partial charge in [0.05, 0.1) is 30.3 Å². The monoisotopic (exact) mass is 284 g/mol. The third-order valence-electron chi connectivity index (χ3n) is 5.46. The van der Waals surface area contributed by atoms with Gasteiger partial charge in [0, 0.05) is 16.1 Å². The third-order valence-corrected chi connectivity index (χ3v) is 6.96. The zero-order chi connectivity index (χ0) is 14.3. The van der Waals surface area contributed by atoms with Crippen LogP contribution in [0.3, 0.4) is 0 Å². The molecule has 0 aromatic rings. The quantitative estimate of drug-likeness (QED) is 0.623. The summed E-state index contributed by atoms with van der Waals surface area (Å²) >= 11 is 0. The third kappa shape index (κ3) is 2.19. The second-order valence-electron chi connectivity index (χ2n) is 6.36. The molecule has 108 valence electrons. The Morgan fingerprint density at radius 3 is 2.74 bits per heavy atom. The molecule has 3 nitrogen and oxygen atoms in total. The van der Waals surface area contributed by atoms with Crippen molar-refractivity contribution >= 4 is 10.8 Å². The summed E-state index contributed by atoms with van der Waals surface area (Å²) in [7, 11) is 0.395. The van der Waals surface area contributed by atoms with E-state index in [4.69, 9.17) is 4.74 Å². The summed E-state index contributed by atoms with van der Waals surface area (Å²) in [5, 5.41) is 10.4. The average Bonchev–Trinajstić information content (AvgIpc) is 2.69. The van der Waals surface area contributed by atoms with Gasteiger partial charge in [0.2, 0.25) is 0 Å². The first-order valence-corrected chi connectivity index (χ1v) is 8.12. The van der Waals surface area contributed by atoms with Crippen LogP contribution in [-0.4, -0.2) is 28.3 Å². The molecule has 19 heavy (non-hydrogen) atoms. The highest BCUT2D eigenvalue weighted by molar-refractivity contribution is 7.89. The van der Waals surface area contributed by atoms with E-state index in [0.717, 1.165) is 19.3 Å². The van der Waals surface area contributed by atoms with Crippen LogP contribution in [0.25, 0.3) is 0 Å². The smallest absolute Gasteiger partial charge is 0.0836 e. The molecule has 0 aromatic heterocycles. The van der Waals surface area contributed by atoms with Crippen molar-refractivity contribution in [3.8, 4) is 0 Å². The van der Waals surface area contributed by atoms with Gasteiger partial charge in [-0.2, -0.15) is 0 Å². The van der Waals surface area contributed by atoms with Gasteiger partial charge < -0.3 is 9.84 Å². The molecule has 2 fully saturated rings. The zero-order valence-electron chi connectivity index (χ0n) is 12.0. The van der Waals surface area contributed by atoms with Gasteiger partial charge in [0.25, 0.3) is 0 Å². The van der Waals surface area contributed by atoms with Gasteiger partial charge in [-0.3, -0.25) is 4.21 Å². The Bertz CT molecular complexity index is 427. The molecule has 0 radical (unpaired) electrons. The van der Waals surface area contributed by atoms with E-state index in [-0.39, 0.29) is 16.9 Å². The van der Waals surface area contributed by atoms with Crippen molar-refractivity contribution in [1.82, 2.24) is 0 Å². The molecule has 1 N–H and O–H groups in total. The molecule has 0 saturated heterocycles. The lowest BCUT2D eigenvalue weighted by atomic mass is 9.70. The molecule has 2 aliphatic rings. The molecule has 2 saturated carbocycles. The number of aliphatic hydroxyl groups is 1. The molecule has 4 atom stereocenters. The molecular formula is C15H24O3S. The van der Waals surface area contributed by atoms with Crippen LogP contribution in [0, 0.1) is 16.7 Å². The van der Waals surface area contributed by atoms with Crippen LogP contribution >= 0.6 is 0 Å². The van der Waals surface area contributed by atoms with Gasteiger partial charge in [-0.15, -0.1) is 0 Å². The van der Waals surface area contributed by atoms with Crippen molar-refractivity contribution < 1.29 is 14.1 Å². The Hall–Kier alpha value is -0.610. The second-order valence-corrected chi connectivity index (χ2v) is 7.86. The molecule has 4 heteroatoms. The number of methoxy groups -OCH3 is 1. The molecule has 1 unspecified atom stereocenters. The van der Waals surface area contributed by atoms with E-state index in [0.29, 0.717) is 16.6 Å². The Morgan fingerprint density at radius 2 is 2.26 bits per heavy atom. The van der Waals surface area contributed by atoms with Crippen molar-refractivity contribution in [2.45, 2.75) is 39.2 Å². The maximum absolute atomic E-state index is 12.4. The van der Waals surface area contributed by atoms with Gasteiger partial charge >= 0.3 is 0 Å². The van der Waals surface area contributed by atoms with Crippen LogP contribution < -0.4 is 0 Å². The number of fused-ring (bicyclic) bond motifs is 2. The van der Waals surface area contributed by atoms with E-state index >= 15 is 0 Å². The number of allylic oxidation sites excluding steroid dienone is 1. The van der Waals surface area contributed by atoms with Crippen LogP contribution in [0.15, 0.2) is 23.8 Å². The first kappa shape index (κ1) is 14.8. The van der Waals surface area contributed by atoms with Crippen molar-refractivity contribution in [2.75, 3.05) is 12.9 Å². The summed E-state index contributed by atoms with van der Waals surface area (Å²) in [4.78, 5) is 0.564. The fourth-order valence-electron chi connectivity index (χ4n) is 3.93. The van der Waals surface area contributed by atoms with Crippen LogP contribution in [-0.2, 0) is 15.5 Å². The Morgan fingerprint density at radius 1 is 1.58 bits per heavy atom. The van der Waals surface area contributed by atoms with Crippen molar-refractivity contribution in [3.05, 3.63) is 23.8 Å². The molecule has 0 amide bonds. The highest BCUT2D eigenvalue weighted by Gasteiger charge is 2.64. The zero-order valence-corrected chi connectivity index (χ0v) is 12.8. The number of rotatable bonds is 5. The van der Waals surface area contributed by atoms with E-state index in [1.807, 2.05) is 0 Å². The fraction of sp³-hybridized carbons (Fsp3) is 0.733. The Balaban J connectivity index is 2.15. The largest absolute Gasteiger partial charge is 0.504 e. The number of hydrogen-bond donors (Lipinski definition) is 1. The van der Waals surface area contributed by atoms with E-state index < -0.39 is 10.8 Å². The van der Waals surface area contributed by atoms with E-state index in [1.54, 1.807) is 13.2 Å². The molecule has 2 bridgehead atoms. The molecule has 2 rings (SSSR count). The molecule has 0 aliphatic heterocycles. The van der Waals surface area contributed by atoms with Gasteiger partial charge in [-0.1, -0.05) is 20.4 Å². The molecule has 0 heterocycles. The van der Waals surface area contributed by atoms with E-state index in [9.17, 15) is 9.32 Å². The first-order chi connectivity index (χ1) is 8.85. The minimum absolute atomic E-state index is 0.0628. The van der Waals surface area contributed by atoms with Gasteiger partial charge in [-0.05, 0) is 36.7 Å². The van der Waals surface area contributed by atoms with Crippen molar-refractivity contribution in [2.24, 2.45) is 16.7 Å².